The van der Waals surface area contributed by atoms with Gasteiger partial charge in [-0.3, -0.25) is 4.79 Å². The van der Waals surface area contributed by atoms with Crippen LogP contribution in [0.2, 0.25) is 0 Å². The van der Waals surface area contributed by atoms with Crippen LogP contribution in [0.4, 0.5) is 0 Å². The highest BCUT2D eigenvalue weighted by Crippen LogP contribution is 2.20. The smallest absolute Gasteiger partial charge is 0.251 e. The number of benzene rings is 2. The maximum absolute atomic E-state index is 12.1. The summed E-state index contributed by atoms with van der Waals surface area (Å²) in [6.45, 7) is 1.78. The molecule has 1 heterocycles. The Morgan fingerprint density at radius 2 is 1.85 bits per heavy atom. The summed E-state index contributed by atoms with van der Waals surface area (Å²) >= 11 is 3.39. The van der Waals surface area contributed by atoms with Gasteiger partial charge >= 0.3 is 0 Å². The molecule has 0 fully saturated rings. The maximum Gasteiger partial charge on any atom is 0.251 e. The second kappa shape index (κ2) is 5.77. The van der Waals surface area contributed by atoms with Gasteiger partial charge in [-0.1, -0.05) is 34.1 Å². The summed E-state index contributed by atoms with van der Waals surface area (Å²) in [4.78, 5) is 12.1. The quantitative estimate of drug-likeness (QED) is 0.935. The van der Waals surface area contributed by atoms with E-state index in [-0.39, 0.29) is 5.91 Å². The maximum atomic E-state index is 12.1. The third-order valence-corrected chi connectivity index (χ3v) is 3.88. The lowest BCUT2D eigenvalue weighted by Crippen LogP contribution is -2.22. The third kappa shape index (κ3) is 2.92. The van der Waals surface area contributed by atoms with Crippen LogP contribution in [0.25, 0.3) is 0 Å². The molecule has 3 nitrogen and oxygen atoms in total. The number of carbonyl (C=O) groups is 1. The second-order valence-corrected chi connectivity index (χ2v) is 5.70. The monoisotopic (exact) mass is 331 g/mol. The number of halogens is 1. The first-order valence-corrected chi connectivity index (χ1v) is 7.24. The summed E-state index contributed by atoms with van der Waals surface area (Å²) in [5.74, 6) is -0.0531. The predicted octanol–water partition coefficient (Wildman–Crippen LogP) is 3.41. The molecule has 0 saturated heterocycles. The van der Waals surface area contributed by atoms with E-state index in [1.165, 1.54) is 5.56 Å². The van der Waals surface area contributed by atoms with Crippen molar-refractivity contribution in [2.24, 2.45) is 0 Å². The van der Waals surface area contributed by atoms with Crippen LogP contribution in [-0.4, -0.2) is 5.91 Å². The van der Waals surface area contributed by atoms with E-state index >= 15 is 0 Å². The van der Waals surface area contributed by atoms with E-state index in [9.17, 15) is 4.79 Å². The summed E-state index contributed by atoms with van der Waals surface area (Å²) in [6, 6.07) is 13.6. The van der Waals surface area contributed by atoms with Crippen molar-refractivity contribution in [3.63, 3.8) is 0 Å². The molecule has 20 heavy (non-hydrogen) atoms. The average molecular weight is 332 g/mol. The Kier molecular flexibility index (Phi) is 3.85. The Bertz CT molecular complexity index is 637. The van der Waals surface area contributed by atoms with Crippen LogP contribution in [0.3, 0.4) is 0 Å². The molecule has 0 radical (unpaired) electrons. The molecule has 4 heteroatoms. The number of amides is 1. The zero-order chi connectivity index (χ0) is 13.9. The standard InChI is InChI=1S/C16H14BrNO2/c17-15-5-1-11(2-6-15)8-18-16(19)12-3-4-13-9-20-10-14(13)7-12/h1-7H,8-10H2,(H,18,19). The molecule has 0 spiro atoms. The molecule has 1 aliphatic rings. The highest BCUT2D eigenvalue weighted by atomic mass is 79.9. The van der Waals surface area contributed by atoms with E-state index in [0.29, 0.717) is 25.3 Å². The van der Waals surface area contributed by atoms with Crippen LogP contribution < -0.4 is 5.32 Å². The molecule has 0 bridgehead atoms. The first kappa shape index (κ1) is 13.3. The fourth-order valence-corrected chi connectivity index (χ4v) is 2.46. The van der Waals surface area contributed by atoms with E-state index in [1.807, 2.05) is 42.5 Å². The van der Waals surface area contributed by atoms with Crippen molar-refractivity contribution in [1.82, 2.24) is 5.32 Å². The van der Waals surface area contributed by atoms with Crippen molar-refractivity contribution in [3.05, 3.63) is 69.2 Å². The Balaban J connectivity index is 1.66. The van der Waals surface area contributed by atoms with Crippen LogP contribution >= 0.6 is 15.9 Å². The van der Waals surface area contributed by atoms with Gasteiger partial charge in [0.1, 0.15) is 0 Å². The molecule has 2 aromatic rings. The largest absolute Gasteiger partial charge is 0.372 e. The molecule has 0 aromatic heterocycles. The van der Waals surface area contributed by atoms with Crippen molar-refractivity contribution in [2.75, 3.05) is 0 Å². The molecular formula is C16H14BrNO2. The molecule has 1 aliphatic heterocycles. The third-order valence-electron chi connectivity index (χ3n) is 3.35. The highest BCUT2D eigenvalue weighted by Gasteiger charge is 2.14. The average Bonchev–Trinajstić information content (AvgIpc) is 2.93. The lowest BCUT2D eigenvalue weighted by atomic mass is 10.1. The Morgan fingerprint density at radius 1 is 1.10 bits per heavy atom. The van der Waals surface area contributed by atoms with Gasteiger partial charge in [-0.25, -0.2) is 0 Å². The number of ether oxygens (including phenoxy) is 1. The molecule has 0 saturated carbocycles. The van der Waals surface area contributed by atoms with Gasteiger partial charge in [-0.15, -0.1) is 0 Å². The van der Waals surface area contributed by atoms with Crippen molar-refractivity contribution in [2.45, 2.75) is 19.8 Å². The highest BCUT2D eigenvalue weighted by molar-refractivity contribution is 9.10. The van der Waals surface area contributed by atoms with Crippen molar-refractivity contribution in [3.8, 4) is 0 Å². The summed E-state index contributed by atoms with van der Waals surface area (Å²) in [5.41, 5.74) is 4.05. The Hall–Kier alpha value is -1.65. The summed E-state index contributed by atoms with van der Waals surface area (Å²) < 4.78 is 6.39. The molecule has 0 atom stereocenters. The molecule has 1 N–H and O–H groups in total. The number of carbonyl (C=O) groups excluding carboxylic acids is 1. The van der Waals surface area contributed by atoms with Crippen molar-refractivity contribution in [1.29, 1.82) is 0 Å². The van der Waals surface area contributed by atoms with Crippen molar-refractivity contribution >= 4 is 21.8 Å². The van der Waals surface area contributed by atoms with Crippen molar-refractivity contribution < 1.29 is 9.53 Å². The van der Waals surface area contributed by atoms with E-state index in [4.69, 9.17) is 4.74 Å². The first-order chi connectivity index (χ1) is 9.72. The van der Waals surface area contributed by atoms with Gasteiger partial charge in [-0.2, -0.15) is 0 Å². The Morgan fingerprint density at radius 3 is 2.65 bits per heavy atom. The number of rotatable bonds is 3. The van der Waals surface area contributed by atoms with Crippen LogP contribution in [0.5, 0.6) is 0 Å². The minimum Gasteiger partial charge on any atom is -0.372 e. The molecule has 2 aromatic carbocycles. The van der Waals surface area contributed by atoms with Crippen LogP contribution in [0.1, 0.15) is 27.0 Å². The Labute approximate surface area is 126 Å². The number of fused-ring (bicyclic) bond motifs is 1. The predicted molar refractivity (Wildman–Crippen MR) is 80.2 cm³/mol. The topological polar surface area (TPSA) is 38.3 Å². The van der Waals surface area contributed by atoms with Gasteiger partial charge in [0.25, 0.3) is 5.91 Å². The van der Waals surface area contributed by atoms with Gasteiger partial charge in [0, 0.05) is 16.6 Å². The first-order valence-electron chi connectivity index (χ1n) is 6.44. The van der Waals surface area contributed by atoms with Gasteiger partial charge in [0.15, 0.2) is 0 Å². The lowest BCUT2D eigenvalue weighted by Gasteiger charge is -2.07. The van der Waals surface area contributed by atoms with Gasteiger partial charge < -0.3 is 10.1 Å². The number of hydrogen-bond donors (Lipinski definition) is 1. The summed E-state index contributed by atoms with van der Waals surface area (Å²) in [5, 5.41) is 2.93. The molecule has 3 rings (SSSR count). The van der Waals surface area contributed by atoms with E-state index in [2.05, 4.69) is 21.2 Å². The minimum atomic E-state index is -0.0531. The van der Waals surface area contributed by atoms with Crippen LogP contribution in [0.15, 0.2) is 46.9 Å². The molecule has 102 valence electrons. The molecule has 0 unspecified atom stereocenters. The summed E-state index contributed by atoms with van der Waals surface area (Å²) in [7, 11) is 0. The summed E-state index contributed by atoms with van der Waals surface area (Å²) in [6.07, 6.45) is 0. The van der Waals surface area contributed by atoms with E-state index in [1.54, 1.807) is 0 Å². The zero-order valence-corrected chi connectivity index (χ0v) is 12.4. The second-order valence-electron chi connectivity index (χ2n) is 4.79. The molecule has 1 amide bonds. The van der Waals surface area contributed by atoms with Crippen LogP contribution in [0, 0.1) is 0 Å². The molecule has 0 aliphatic carbocycles. The normalized spacial score (nSPS) is 13.1. The fraction of sp³-hybridized carbons (Fsp3) is 0.188. The SMILES string of the molecule is O=C(NCc1ccc(Br)cc1)c1ccc2c(c1)COC2. The number of hydrogen-bond acceptors (Lipinski definition) is 2. The molecular weight excluding hydrogens is 318 g/mol. The van der Waals surface area contributed by atoms with E-state index < -0.39 is 0 Å². The lowest BCUT2D eigenvalue weighted by molar-refractivity contribution is 0.0950. The van der Waals surface area contributed by atoms with Gasteiger partial charge in [0.05, 0.1) is 13.2 Å². The fourth-order valence-electron chi connectivity index (χ4n) is 2.20. The number of nitrogens with one attached hydrogen (secondary N) is 1. The minimum absolute atomic E-state index is 0.0531. The van der Waals surface area contributed by atoms with Gasteiger partial charge in [0.2, 0.25) is 0 Å². The zero-order valence-electron chi connectivity index (χ0n) is 10.9. The van der Waals surface area contributed by atoms with Crippen LogP contribution in [-0.2, 0) is 24.5 Å². The van der Waals surface area contributed by atoms with Gasteiger partial charge in [-0.05, 0) is 41.0 Å². The van der Waals surface area contributed by atoms with E-state index in [0.717, 1.165) is 15.6 Å².